The number of rotatable bonds is 30. The number of hydrogen-bond donors (Lipinski definition) is 0. The Kier molecular flexibility index (Phi) is 23.8. The summed E-state index contributed by atoms with van der Waals surface area (Å²) in [5.41, 5.74) is 0.448. The van der Waals surface area contributed by atoms with Crippen LogP contribution in [0, 0.1) is 11.3 Å². The molecule has 1 saturated heterocycles. The molecule has 2 nitrogen and oxygen atoms in total. The van der Waals surface area contributed by atoms with E-state index in [9.17, 15) is 0 Å². The fourth-order valence-corrected chi connectivity index (χ4v) is 9.07. The molecule has 2 saturated carbocycles. The van der Waals surface area contributed by atoms with Crippen molar-refractivity contribution in [2.75, 3.05) is 0 Å². The average Bonchev–Trinajstić information content (AvgIpc) is 3.65. The van der Waals surface area contributed by atoms with Crippen molar-refractivity contribution in [1.29, 1.82) is 0 Å². The van der Waals surface area contributed by atoms with E-state index in [4.69, 9.17) is 9.47 Å². The molecular formula is C48H84O2. The van der Waals surface area contributed by atoms with E-state index in [0.717, 1.165) is 25.2 Å². The van der Waals surface area contributed by atoms with Crippen LogP contribution in [0.1, 0.15) is 226 Å². The highest BCUT2D eigenvalue weighted by atomic mass is 16.8. The zero-order chi connectivity index (χ0) is 35.4. The lowest BCUT2D eigenvalue weighted by Gasteiger charge is -2.32. The predicted molar refractivity (Wildman–Crippen MR) is 220 cm³/mol. The summed E-state index contributed by atoms with van der Waals surface area (Å²) in [7, 11) is 0. The van der Waals surface area contributed by atoms with E-state index >= 15 is 0 Å². The lowest BCUT2D eigenvalue weighted by Crippen LogP contribution is -2.30. The molecule has 0 aromatic heterocycles. The standard InChI is InChI=1S/C48H84O2/c1-4-6-8-10-12-14-16-18-20-22-24-26-28-30-32-34-38-47(40-41-48(43-47)49-45-37-36-44(3)42-46(45)50-48)39-35-33-31-29-27-25-23-21-19-17-15-13-11-9-7-5-2/h12-15,18-21,44-46H,4-11,16-17,22-43H2,1-3H3/b14-12-,15-13-,20-18-,21-19-/t44?,45-,46-,48?/m0/s1. The average molecular weight is 693 g/mol. The number of unbranched alkanes of at least 4 members (excludes halogenated alkanes) is 18. The molecular weight excluding hydrogens is 609 g/mol. The van der Waals surface area contributed by atoms with Crippen LogP contribution in [0.25, 0.3) is 0 Å². The Morgan fingerprint density at radius 1 is 0.480 bits per heavy atom. The maximum absolute atomic E-state index is 6.86. The quantitative estimate of drug-likeness (QED) is 0.0551. The van der Waals surface area contributed by atoms with Crippen LogP contribution in [0.2, 0.25) is 0 Å². The Morgan fingerprint density at radius 2 is 0.920 bits per heavy atom. The minimum atomic E-state index is -0.254. The van der Waals surface area contributed by atoms with Crippen LogP contribution in [0.4, 0.5) is 0 Å². The van der Waals surface area contributed by atoms with Crippen molar-refractivity contribution in [3.8, 4) is 0 Å². The molecule has 1 heterocycles. The molecule has 3 rings (SSSR count). The third-order valence-electron chi connectivity index (χ3n) is 12.2. The van der Waals surface area contributed by atoms with E-state index in [2.05, 4.69) is 69.4 Å². The van der Waals surface area contributed by atoms with Gasteiger partial charge in [0.15, 0.2) is 5.79 Å². The molecule has 0 bridgehead atoms. The molecule has 1 aliphatic heterocycles. The van der Waals surface area contributed by atoms with Crippen molar-refractivity contribution in [2.24, 2.45) is 11.3 Å². The molecule has 0 aromatic rings. The molecule has 1 spiro atoms. The largest absolute Gasteiger partial charge is 0.344 e. The van der Waals surface area contributed by atoms with E-state index < -0.39 is 0 Å². The summed E-state index contributed by atoms with van der Waals surface area (Å²) < 4.78 is 13.7. The van der Waals surface area contributed by atoms with E-state index in [1.165, 1.54) is 186 Å². The first kappa shape index (κ1) is 43.3. The smallest absolute Gasteiger partial charge is 0.169 e. The lowest BCUT2D eigenvalue weighted by molar-refractivity contribution is -0.175. The Hall–Kier alpha value is -1.12. The molecule has 3 fully saturated rings. The van der Waals surface area contributed by atoms with Crippen LogP contribution in [-0.2, 0) is 9.47 Å². The van der Waals surface area contributed by atoms with Gasteiger partial charge in [0.25, 0.3) is 0 Å². The number of fused-ring (bicyclic) bond motifs is 1. The Bertz CT molecular complexity index is 880. The van der Waals surface area contributed by atoms with Gasteiger partial charge in [0.05, 0.1) is 12.2 Å². The molecule has 0 aromatic carbocycles. The van der Waals surface area contributed by atoms with Gasteiger partial charge in [0.2, 0.25) is 0 Å². The van der Waals surface area contributed by atoms with Gasteiger partial charge < -0.3 is 9.47 Å². The second-order valence-electron chi connectivity index (χ2n) is 17.0. The zero-order valence-electron chi connectivity index (χ0n) is 33.8. The first-order chi connectivity index (χ1) is 24.6. The fourth-order valence-electron chi connectivity index (χ4n) is 9.07. The molecule has 4 atom stereocenters. The van der Waals surface area contributed by atoms with Gasteiger partial charge in [-0.1, -0.05) is 159 Å². The summed E-state index contributed by atoms with van der Waals surface area (Å²) in [6.07, 6.45) is 61.9. The van der Waals surface area contributed by atoms with Crippen molar-refractivity contribution in [2.45, 2.75) is 244 Å². The topological polar surface area (TPSA) is 18.5 Å². The van der Waals surface area contributed by atoms with Crippen molar-refractivity contribution < 1.29 is 9.47 Å². The third-order valence-corrected chi connectivity index (χ3v) is 12.2. The third kappa shape index (κ3) is 18.6. The van der Waals surface area contributed by atoms with Gasteiger partial charge in [-0.3, -0.25) is 0 Å². The highest BCUT2D eigenvalue weighted by molar-refractivity contribution is 5.00. The molecule has 288 valence electrons. The van der Waals surface area contributed by atoms with Crippen LogP contribution in [0.5, 0.6) is 0 Å². The summed E-state index contributed by atoms with van der Waals surface area (Å²) >= 11 is 0. The monoisotopic (exact) mass is 693 g/mol. The predicted octanol–water partition coefficient (Wildman–Crippen LogP) is 15.9. The SMILES string of the molecule is CCCCC/C=C\C/C=C\CCCCCCCCC1(CCCCCCCC/C=C\C/C=C\CCCCC)CCC2(C1)O[C@H]1CCC(C)C[C@@H]1O2. The van der Waals surface area contributed by atoms with E-state index in [-0.39, 0.29) is 5.79 Å². The maximum atomic E-state index is 6.86. The van der Waals surface area contributed by atoms with Crippen LogP contribution in [-0.4, -0.2) is 18.0 Å². The first-order valence-electron chi connectivity index (χ1n) is 22.6. The van der Waals surface area contributed by atoms with Crippen molar-refractivity contribution in [1.82, 2.24) is 0 Å². The van der Waals surface area contributed by atoms with Gasteiger partial charge in [-0.25, -0.2) is 0 Å². The minimum Gasteiger partial charge on any atom is -0.344 e. The van der Waals surface area contributed by atoms with E-state index in [1.807, 2.05) is 0 Å². The Balaban J connectivity index is 1.28. The van der Waals surface area contributed by atoms with Gasteiger partial charge in [-0.15, -0.1) is 0 Å². The summed E-state index contributed by atoms with van der Waals surface area (Å²) in [6.45, 7) is 6.96. The molecule has 0 radical (unpaired) electrons. The maximum Gasteiger partial charge on any atom is 0.169 e. The number of hydrogen-bond acceptors (Lipinski definition) is 2. The van der Waals surface area contributed by atoms with Crippen molar-refractivity contribution >= 4 is 0 Å². The Labute approximate surface area is 312 Å². The molecule has 0 N–H and O–H groups in total. The number of ether oxygens (including phenoxy) is 2. The highest BCUT2D eigenvalue weighted by Gasteiger charge is 2.56. The van der Waals surface area contributed by atoms with Gasteiger partial charge >= 0.3 is 0 Å². The Morgan fingerprint density at radius 3 is 1.42 bits per heavy atom. The molecule has 2 unspecified atom stereocenters. The second-order valence-corrected chi connectivity index (χ2v) is 17.0. The summed E-state index contributed by atoms with van der Waals surface area (Å²) in [5, 5.41) is 0. The molecule has 0 amide bonds. The summed E-state index contributed by atoms with van der Waals surface area (Å²) in [4.78, 5) is 0. The first-order valence-corrected chi connectivity index (χ1v) is 22.6. The minimum absolute atomic E-state index is 0.254. The van der Waals surface area contributed by atoms with Gasteiger partial charge in [0, 0.05) is 12.8 Å². The molecule has 2 aliphatic carbocycles. The zero-order valence-corrected chi connectivity index (χ0v) is 33.8. The summed E-state index contributed by atoms with van der Waals surface area (Å²) in [5.74, 6) is 0.536. The normalized spacial score (nSPS) is 25.1. The van der Waals surface area contributed by atoms with Crippen LogP contribution >= 0.6 is 0 Å². The van der Waals surface area contributed by atoms with Crippen molar-refractivity contribution in [3.05, 3.63) is 48.6 Å². The van der Waals surface area contributed by atoms with E-state index in [1.54, 1.807) is 0 Å². The summed E-state index contributed by atoms with van der Waals surface area (Å²) in [6, 6.07) is 0. The molecule has 3 aliphatic rings. The van der Waals surface area contributed by atoms with Gasteiger partial charge in [-0.2, -0.15) is 0 Å². The van der Waals surface area contributed by atoms with Crippen molar-refractivity contribution in [3.63, 3.8) is 0 Å². The fraction of sp³-hybridized carbons (Fsp3) is 0.833. The van der Waals surface area contributed by atoms with Crippen LogP contribution < -0.4 is 0 Å². The van der Waals surface area contributed by atoms with Gasteiger partial charge in [-0.05, 0) is 114 Å². The lowest BCUT2D eigenvalue weighted by atomic mass is 9.76. The molecule has 50 heavy (non-hydrogen) atoms. The second kappa shape index (κ2) is 27.5. The van der Waals surface area contributed by atoms with Gasteiger partial charge in [0.1, 0.15) is 0 Å². The van der Waals surface area contributed by atoms with Crippen LogP contribution in [0.15, 0.2) is 48.6 Å². The van der Waals surface area contributed by atoms with Crippen LogP contribution in [0.3, 0.4) is 0 Å². The van der Waals surface area contributed by atoms with E-state index in [0.29, 0.717) is 17.6 Å². The number of allylic oxidation sites excluding steroid dienone is 8. The molecule has 2 heteroatoms. The highest BCUT2D eigenvalue weighted by Crippen LogP contribution is 2.56.